The molecule has 82 valence electrons. The van der Waals surface area contributed by atoms with Crippen molar-refractivity contribution in [2.24, 2.45) is 0 Å². The molecule has 2 N–H and O–H groups in total. The van der Waals surface area contributed by atoms with Crippen LogP contribution in [0.5, 0.6) is 5.75 Å². The number of ether oxygens (including phenoxy) is 1. The van der Waals surface area contributed by atoms with Gasteiger partial charge in [-0.2, -0.15) is 0 Å². The highest BCUT2D eigenvalue weighted by atomic mass is 16.5. The lowest BCUT2D eigenvalue weighted by Crippen LogP contribution is -2.15. The maximum atomic E-state index is 11.3. The van der Waals surface area contributed by atoms with Gasteiger partial charge in [0.05, 0.1) is 7.11 Å². The highest BCUT2D eigenvalue weighted by molar-refractivity contribution is 5.93. The Balaban J connectivity index is 2.78. The summed E-state index contributed by atoms with van der Waals surface area (Å²) in [7, 11) is 1.23. The van der Waals surface area contributed by atoms with Crippen molar-refractivity contribution in [1.82, 2.24) is 0 Å². The number of carbonyl (C=O) groups excluding carboxylic acids is 1. The molecule has 2 rings (SSSR count). The van der Waals surface area contributed by atoms with Crippen molar-refractivity contribution in [2.45, 2.75) is 0 Å². The van der Waals surface area contributed by atoms with Crippen LogP contribution in [-0.2, 0) is 4.74 Å². The molecule has 1 aromatic heterocycles. The minimum Gasteiger partial charge on any atom is -0.504 e. The number of para-hydroxylation sites is 1. The fourth-order valence-corrected chi connectivity index (χ4v) is 1.41. The molecule has 0 bridgehead atoms. The Kier molecular flexibility index (Phi) is 2.36. The van der Waals surface area contributed by atoms with Gasteiger partial charge < -0.3 is 14.3 Å². The number of hydrogen-bond acceptors (Lipinski definition) is 5. The first-order valence-corrected chi connectivity index (χ1v) is 4.52. The van der Waals surface area contributed by atoms with E-state index in [1.54, 1.807) is 12.1 Å². The van der Waals surface area contributed by atoms with Gasteiger partial charge in [0.15, 0.2) is 11.3 Å². The first-order valence-electron chi connectivity index (χ1n) is 4.52. The first-order chi connectivity index (χ1) is 7.63. The highest BCUT2D eigenvalue weighted by Gasteiger charge is 2.12. The average Bonchev–Trinajstić information content (AvgIpc) is 2.29. The summed E-state index contributed by atoms with van der Waals surface area (Å²) in [5, 5.41) is 17.5. The molecular formula is C11H9NO4. The van der Waals surface area contributed by atoms with Crippen molar-refractivity contribution in [1.29, 1.82) is 5.41 Å². The molecule has 0 atom stereocenters. The molecule has 1 aromatic carbocycles. The summed E-state index contributed by atoms with van der Waals surface area (Å²) in [6.45, 7) is 0. The van der Waals surface area contributed by atoms with Crippen LogP contribution in [0, 0.1) is 5.41 Å². The van der Waals surface area contributed by atoms with E-state index in [0.717, 1.165) is 0 Å². The summed E-state index contributed by atoms with van der Waals surface area (Å²) < 4.78 is 9.58. The van der Waals surface area contributed by atoms with Crippen LogP contribution in [0.1, 0.15) is 10.4 Å². The van der Waals surface area contributed by atoms with Crippen molar-refractivity contribution < 1.29 is 19.1 Å². The summed E-state index contributed by atoms with van der Waals surface area (Å²) in [4.78, 5) is 11.3. The minimum atomic E-state index is -0.640. The molecule has 5 nitrogen and oxygen atoms in total. The molecule has 0 amide bonds. The van der Waals surface area contributed by atoms with E-state index >= 15 is 0 Å². The number of phenols is 1. The lowest BCUT2D eigenvalue weighted by Gasteiger charge is -2.02. The van der Waals surface area contributed by atoms with E-state index in [2.05, 4.69) is 4.74 Å². The standard InChI is InChI=1S/C11H9NO4/c1-15-11(14)7-5-6-3-2-4-8(13)9(6)16-10(7)12/h2-5,12-13H,1H3. The minimum absolute atomic E-state index is 0.0283. The Hall–Kier alpha value is -2.30. The van der Waals surface area contributed by atoms with E-state index in [9.17, 15) is 9.90 Å². The number of rotatable bonds is 1. The number of aromatic hydroxyl groups is 1. The number of nitrogens with one attached hydrogen (secondary N) is 1. The molecule has 0 fully saturated rings. The normalized spacial score (nSPS) is 10.3. The molecule has 5 heteroatoms. The van der Waals surface area contributed by atoms with Crippen LogP contribution in [0.15, 0.2) is 28.7 Å². The number of benzene rings is 1. The van der Waals surface area contributed by atoms with E-state index in [1.165, 1.54) is 19.2 Å². The van der Waals surface area contributed by atoms with Crippen LogP contribution < -0.4 is 5.55 Å². The third kappa shape index (κ3) is 1.52. The summed E-state index contributed by atoms with van der Waals surface area (Å²) in [5.41, 5.74) is -0.124. The first kappa shape index (κ1) is 10.2. The fraction of sp³-hybridized carbons (Fsp3) is 0.0909. The van der Waals surface area contributed by atoms with Gasteiger partial charge in [0.1, 0.15) is 5.56 Å². The van der Waals surface area contributed by atoms with Gasteiger partial charge in [0, 0.05) is 5.39 Å². The molecule has 16 heavy (non-hydrogen) atoms. The number of carbonyl (C=O) groups is 1. The van der Waals surface area contributed by atoms with Gasteiger partial charge in [-0.3, -0.25) is 5.41 Å². The van der Waals surface area contributed by atoms with Crippen LogP contribution in [0.4, 0.5) is 0 Å². The Morgan fingerprint density at radius 2 is 2.25 bits per heavy atom. The molecule has 0 aliphatic rings. The van der Waals surface area contributed by atoms with Crippen LogP contribution >= 0.6 is 0 Å². The van der Waals surface area contributed by atoms with Gasteiger partial charge in [-0.05, 0) is 12.1 Å². The van der Waals surface area contributed by atoms with Gasteiger partial charge in [-0.25, -0.2) is 4.79 Å². The van der Waals surface area contributed by atoms with Gasteiger partial charge in [0.2, 0.25) is 5.55 Å². The smallest absolute Gasteiger partial charge is 0.343 e. The topological polar surface area (TPSA) is 83.5 Å². The lowest BCUT2D eigenvalue weighted by atomic mass is 10.2. The Morgan fingerprint density at radius 3 is 2.94 bits per heavy atom. The molecule has 2 aromatic rings. The third-order valence-corrected chi connectivity index (χ3v) is 2.18. The second-order valence-electron chi connectivity index (χ2n) is 3.18. The quantitative estimate of drug-likeness (QED) is 0.710. The second kappa shape index (κ2) is 3.69. The summed E-state index contributed by atoms with van der Waals surface area (Å²) >= 11 is 0. The molecule has 0 saturated heterocycles. The Morgan fingerprint density at radius 1 is 1.50 bits per heavy atom. The molecule has 0 saturated carbocycles. The zero-order chi connectivity index (χ0) is 11.7. The number of hydrogen-bond donors (Lipinski definition) is 2. The zero-order valence-electron chi connectivity index (χ0n) is 8.48. The van der Waals surface area contributed by atoms with E-state index in [4.69, 9.17) is 9.83 Å². The molecule has 0 radical (unpaired) electrons. The fourth-order valence-electron chi connectivity index (χ4n) is 1.41. The zero-order valence-corrected chi connectivity index (χ0v) is 8.48. The predicted molar refractivity (Wildman–Crippen MR) is 55.1 cm³/mol. The van der Waals surface area contributed by atoms with E-state index < -0.39 is 5.97 Å². The number of fused-ring (bicyclic) bond motifs is 1. The summed E-state index contributed by atoms with van der Waals surface area (Å²) in [6.07, 6.45) is 0. The number of methoxy groups -OCH3 is 1. The van der Waals surface area contributed by atoms with E-state index in [0.29, 0.717) is 5.39 Å². The molecule has 0 aliphatic heterocycles. The Labute approximate surface area is 90.4 Å². The second-order valence-corrected chi connectivity index (χ2v) is 3.18. The average molecular weight is 219 g/mol. The lowest BCUT2D eigenvalue weighted by molar-refractivity contribution is 0.0595. The van der Waals surface area contributed by atoms with Crippen molar-refractivity contribution in [3.8, 4) is 5.75 Å². The van der Waals surface area contributed by atoms with Crippen LogP contribution in [0.3, 0.4) is 0 Å². The SMILES string of the molecule is COC(=O)c1cc2cccc(O)c2oc1=N. The molecule has 1 heterocycles. The number of esters is 1. The molecule has 0 unspecified atom stereocenters. The third-order valence-electron chi connectivity index (χ3n) is 2.18. The van der Waals surface area contributed by atoms with E-state index in [-0.39, 0.29) is 22.5 Å². The molecular weight excluding hydrogens is 210 g/mol. The van der Waals surface area contributed by atoms with Gasteiger partial charge in [-0.1, -0.05) is 12.1 Å². The maximum Gasteiger partial charge on any atom is 0.343 e. The molecule has 0 aliphatic carbocycles. The predicted octanol–water partition coefficient (Wildman–Crippen LogP) is 1.40. The molecule has 0 spiro atoms. The van der Waals surface area contributed by atoms with Crippen LogP contribution in [0.25, 0.3) is 11.0 Å². The van der Waals surface area contributed by atoms with Gasteiger partial charge in [-0.15, -0.1) is 0 Å². The van der Waals surface area contributed by atoms with Gasteiger partial charge in [0.25, 0.3) is 0 Å². The summed E-state index contributed by atoms with van der Waals surface area (Å²) in [6, 6.07) is 6.19. The highest BCUT2D eigenvalue weighted by Crippen LogP contribution is 2.23. The van der Waals surface area contributed by atoms with Crippen molar-refractivity contribution in [3.05, 3.63) is 35.4 Å². The maximum absolute atomic E-state index is 11.3. The van der Waals surface area contributed by atoms with Crippen LogP contribution in [-0.4, -0.2) is 18.2 Å². The monoisotopic (exact) mass is 219 g/mol. The van der Waals surface area contributed by atoms with Crippen molar-refractivity contribution in [3.63, 3.8) is 0 Å². The Bertz CT molecular complexity index is 615. The van der Waals surface area contributed by atoms with Crippen molar-refractivity contribution in [2.75, 3.05) is 7.11 Å². The number of phenolic OH excluding ortho intramolecular Hbond substituents is 1. The van der Waals surface area contributed by atoms with E-state index in [1.807, 2.05) is 0 Å². The van der Waals surface area contributed by atoms with Gasteiger partial charge >= 0.3 is 5.97 Å². The summed E-state index contributed by atoms with van der Waals surface area (Å²) in [5.74, 6) is -0.707. The van der Waals surface area contributed by atoms with Crippen molar-refractivity contribution >= 4 is 16.9 Å². The largest absolute Gasteiger partial charge is 0.504 e. The van der Waals surface area contributed by atoms with Crippen LogP contribution in [0.2, 0.25) is 0 Å².